The Balaban J connectivity index is 0.00000243. The number of benzene rings is 1. The van der Waals surface area contributed by atoms with E-state index in [1.807, 2.05) is 24.7 Å². The largest absolute Gasteiger partial charge is 0.355 e. The number of imidazole rings is 1. The molecule has 3 rings (SSSR count). The number of halogens is 1. The molecule has 0 aliphatic rings. The standard InChI is InChI=1S/C19H24N6.HI/c1-20-19(22-9-13-24-10-2-3-11-24)23-14-17-4-6-18(7-5-17)15-25-12-8-21-16-25;/h2-8,10-12,16H,9,13-15H2,1H3,(H2,20,22,23);1H. The van der Waals surface area contributed by atoms with Gasteiger partial charge in [0.05, 0.1) is 6.33 Å². The number of aromatic nitrogens is 3. The van der Waals surface area contributed by atoms with E-state index in [1.165, 1.54) is 11.1 Å². The molecule has 0 radical (unpaired) electrons. The lowest BCUT2D eigenvalue weighted by atomic mass is 10.1. The highest BCUT2D eigenvalue weighted by atomic mass is 127. The van der Waals surface area contributed by atoms with E-state index in [1.54, 1.807) is 13.2 Å². The highest BCUT2D eigenvalue weighted by Gasteiger charge is 2.00. The summed E-state index contributed by atoms with van der Waals surface area (Å²) in [6, 6.07) is 12.7. The Kier molecular flexibility index (Phi) is 8.20. The molecule has 138 valence electrons. The molecule has 3 aromatic rings. The van der Waals surface area contributed by atoms with Gasteiger partial charge in [-0.1, -0.05) is 24.3 Å². The van der Waals surface area contributed by atoms with Crippen molar-refractivity contribution in [1.82, 2.24) is 24.8 Å². The summed E-state index contributed by atoms with van der Waals surface area (Å²) >= 11 is 0. The molecule has 0 unspecified atom stereocenters. The van der Waals surface area contributed by atoms with Crippen molar-refractivity contribution in [1.29, 1.82) is 0 Å². The fraction of sp³-hybridized carbons (Fsp3) is 0.263. The van der Waals surface area contributed by atoms with Crippen LogP contribution < -0.4 is 10.6 Å². The monoisotopic (exact) mass is 464 g/mol. The molecule has 2 heterocycles. The van der Waals surface area contributed by atoms with Crippen molar-refractivity contribution in [3.05, 3.63) is 78.6 Å². The number of nitrogens with one attached hydrogen (secondary N) is 2. The summed E-state index contributed by atoms with van der Waals surface area (Å²) in [6.07, 6.45) is 9.72. The number of guanidine groups is 1. The van der Waals surface area contributed by atoms with E-state index in [-0.39, 0.29) is 24.0 Å². The second-order valence-corrected chi connectivity index (χ2v) is 5.82. The average Bonchev–Trinajstić information content (AvgIpc) is 3.33. The maximum Gasteiger partial charge on any atom is 0.191 e. The molecule has 0 saturated carbocycles. The molecule has 2 aromatic heterocycles. The molecule has 0 spiro atoms. The third kappa shape index (κ3) is 6.21. The van der Waals surface area contributed by atoms with Gasteiger partial charge in [0, 0.05) is 58.0 Å². The van der Waals surface area contributed by atoms with Gasteiger partial charge < -0.3 is 19.8 Å². The second-order valence-electron chi connectivity index (χ2n) is 5.82. The summed E-state index contributed by atoms with van der Waals surface area (Å²) in [7, 11) is 1.79. The highest BCUT2D eigenvalue weighted by Crippen LogP contribution is 2.06. The van der Waals surface area contributed by atoms with Crippen LogP contribution in [0.4, 0.5) is 0 Å². The van der Waals surface area contributed by atoms with Crippen LogP contribution in [0, 0.1) is 0 Å². The zero-order valence-corrected chi connectivity index (χ0v) is 17.2. The Morgan fingerprint density at radius 1 is 1.00 bits per heavy atom. The van der Waals surface area contributed by atoms with E-state index in [4.69, 9.17) is 0 Å². The van der Waals surface area contributed by atoms with Crippen molar-refractivity contribution in [2.45, 2.75) is 19.6 Å². The average molecular weight is 464 g/mol. The van der Waals surface area contributed by atoms with E-state index in [0.717, 1.165) is 32.1 Å². The zero-order chi connectivity index (χ0) is 17.3. The molecular formula is C19H25IN6. The topological polar surface area (TPSA) is 59.2 Å². The smallest absolute Gasteiger partial charge is 0.191 e. The SMILES string of the molecule is CN=C(NCCn1cccc1)NCc1ccc(Cn2ccnc2)cc1.I. The van der Waals surface area contributed by atoms with E-state index < -0.39 is 0 Å². The Labute approximate surface area is 171 Å². The molecule has 0 aliphatic carbocycles. The summed E-state index contributed by atoms with van der Waals surface area (Å²) < 4.78 is 4.20. The first kappa shape index (κ1) is 20.0. The quantitative estimate of drug-likeness (QED) is 0.321. The number of hydrogen-bond acceptors (Lipinski definition) is 2. The van der Waals surface area contributed by atoms with Crippen molar-refractivity contribution >= 4 is 29.9 Å². The minimum atomic E-state index is 0. The van der Waals surface area contributed by atoms with Crippen LogP contribution >= 0.6 is 24.0 Å². The molecule has 0 bridgehead atoms. The van der Waals surface area contributed by atoms with Crippen molar-refractivity contribution < 1.29 is 0 Å². The maximum absolute atomic E-state index is 4.26. The Morgan fingerprint density at radius 2 is 1.73 bits per heavy atom. The Morgan fingerprint density at radius 3 is 2.38 bits per heavy atom. The Hall–Kier alpha value is -2.29. The summed E-state index contributed by atoms with van der Waals surface area (Å²) in [6.45, 7) is 3.33. The predicted octanol–water partition coefficient (Wildman–Crippen LogP) is 2.72. The summed E-state index contributed by atoms with van der Waals surface area (Å²) in [4.78, 5) is 8.33. The van der Waals surface area contributed by atoms with E-state index in [9.17, 15) is 0 Å². The fourth-order valence-electron chi connectivity index (χ4n) is 2.58. The summed E-state index contributed by atoms with van der Waals surface area (Å²) in [5, 5.41) is 6.67. The fourth-order valence-corrected chi connectivity index (χ4v) is 2.58. The van der Waals surface area contributed by atoms with Gasteiger partial charge in [-0.2, -0.15) is 0 Å². The first-order chi connectivity index (χ1) is 12.3. The van der Waals surface area contributed by atoms with Crippen molar-refractivity contribution in [2.75, 3.05) is 13.6 Å². The maximum atomic E-state index is 4.26. The van der Waals surface area contributed by atoms with E-state index in [2.05, 4.69) is 66.4 Å². The van der Waals surface area contributed by atoms with E-state index in [0.29, 0.717) is 0 Å². The van der Waals surface area contributed by atoms with Crippen molar-refractivity contribution in [3.8, 4) is 0 Å². The molecule has 0 fully saturated rings. The molecule has 26 heavy (non-hydrogen) atoms. The third-order valence-electron chi connectivity index (χ3n) is 3.96. The van der Waals surface area contributed by atoms with Gasteiger partial charge in [-0.15, -0.1) is 24.0 Å². The van der Waals surface area contributed by atoms with Gasteiger partial charge >= 0.3 is 0 Å². The Bertz CT molecular complexity index is 763. The summed E-state index contributed by atoms with van der Waals surface area (Å²) in [5.41, 5.74) is 2.48. The van der Waals surface area contributed by atoms with Crippen LogP contribution in [-0.4, -0.2) is 33.7 Å². The van der Waals surface area contributed by atoms with Crippen LogP contribution in [0.3, 0.4) is 0 Å². The minimum Gasteiger partial charge on any atom is -0.355 e. The van der Waals surface area contributed by atoms with Gasteiger partial charge in [-0.3, -0.25) is 4.99 Å². The normalized spacial score (nSPS) is 11.0. The molecule has 7 heteroatoms. The lowest BCUT2D eigenvalue weighted by Crippen LogP contribution is -2.38. The number of aliphatic imine (C=N–C) groups is 1. The zero-order valence-electron chi connectivity index (χ0n) is 14.9. The second kappa shape index (κ2) is 10.6. The van der Waals surface area contributed by atoms with Crippen LogP contribution in [0.5, 0.6) is 0 Å². The molecule has 2 N–H and O–H groups in total. The van der Waals surface area contributed by atoms with Gasteiger partial charge in [0.25, 0.3) is 0 Å². The van der Waals surface area contributed by atoms with Gasteiger partial charge in [0.1, 0.15) is 0 Å². The number of rotatable bonds is 7. The van der Waals surface area contributed by atoms with E-state index >= 15 is 0 Å². The van der Waals surface area contributed by atoms with Gasteiger partial charge in [-0.05, 0) is 23.3 Å². The molecule has 0 amide bonds. The number of nitrogens with zero attached hydrogens (tertiary/aromatic N) is 4. The first-order valence-corrected chi connectivity index (χ1v) is 8.42. The molecule has 1 aromatic carbocycles. The predicted molar refractivity (Wildman–Crippen MR) is 116 cm³/mol. The van der Waals surface area contributed by atoms with Gasteiger partial charge in [0.2, 0.25) is 0 Å². The molecular weight excluding hydrogens is 439 g/mol. The third-order valence-corrected chi connectivity index (χ3v) is 3.96. The van der Waals surface area contributed by atoms with Gasteiger partial charge in [-0.25, -0.2) is 4.98 Å². The van der Waals surface area contributed by atoms with Crippen molar-refractivity contribution in [2.24, 2.45) is 4.99 Å². The minimum absolute atomic E-state index is 0. The van der Waals surface area contributed by atoms with Crippen LogP contribution in [0.25, 0.3) is 0 Å². The lowest BCUT2D eigenvalue weighted by molar-refractivity contribution is 0.665. The molecule has 0 atom stereocenters. The molecule has 0 aliphatic heterocycles. The van der Waals surface area contributed by atoms with Crippen LogP contribution in [0.2, 0.25) is 0 Å². The van der Waals surface area contributed by atoms with Crippen LogP contribution in [0.15, 0.2) is 72.5 Å². The van der Waals surface area contributed by atoms with Gasteiger partial charge in [0.15, 0.2) is 5.96 Å². The van der Waals surface area contributed by atoms with Crippen molar-refractivity contribution in [3.63, 3.8) is 0 Å². The van der Waals surface area contributed by atoms with Crippen LogP contribution in [-0.2, 0) is 19.6 Å². The molecule has 6 nitrogen and oxygen atoms in total. The molecule has 0 saturated heterocycles. The lowest BCUT2D eigenvalue weighted by Gasteiger charge is -2.12. The first-order valence-electron chi connectivity index (χ1n) is 8.42. The highest BCUT2D eigenvalue weighted by molar-refractivity contribution is 14.0. The summed E-state index contributed by atoms with van der Waals surface area (Å²) in [5.74, 6) is 0.814. The van der Waals surface area contributed by atoms with Crippen LogP contribution in [0.1, 0.15) is 11.1 Å². The number of hydrogen-bond donors (Lipinski definition) is 2.